The average Bonchev–Trinajstić information content (AvgIpc) is 2.78. The van der Waals surface area contributed by atoms with Gasteiger partial charge in [0.1, 0.15) is 11.3 Å². The summed E-state index contributed by atoms with van der Waals surface area (Å²) in [6, 6.07) is 9.82. The van der Waals surface area contributed by atoms with Crippen LogP contribution in [0.3, 0.4) is 0 Å². The molecule has 0 spiro atoms. The van der Waals surface area contributed by atoms with E-state index in [4.69, 9.17) is 4.74 Å². The fraction of sp³-hybridized carbons (Fsp3) is 0.364. The van der Waals surface area contributed by atoms with E-state index in [-0.39, 0.29) is 11.8 Å². The molecular formula is C22H25N5O2. The number of amides is 1. The number of piperidine rings is 1. The molecule has 29 heavy (non-hydrogen) atoms. The maximum Gasteiger partial charge on any atom is 0.225 e. The van der Waals surface area contributed by atoms with Crippen molar-refractivity contribution in [2.75, 3.05) is 24.6 Å². The highest BCUT2D eigenvalue weighted by atomic mass is 16.5. The summed E-state index contributed by atoms with van der Waals surface area (Å²) in [6.07, 6.45) is 6.97. The van der Waals surface area contributed by atoms with Crippen LogP contribution in [0.5, 0.6) is 5.75 Å². The second-order valence-corrected chi connectivity index (χ2v) is 7.14. The molecule has 1 aromatic carbocycles. The molecule has 7 nitrogen and oxygen atoms in total. The molecule has 1 amide bonds. The Kier molecular flexibility index (Phi) is 5.84. The second-order valence-electron chi connectivity index (χ2n) is 7.14. The number of fused-ring (bicyclic) bond motifs is 1. The minimum absolute atomic E-state index is 0.0550. The van der Waals surface area contributed by atoms with Crippen molar-refractivity contribution in [3.8, 4) is 5.75 Å². The number of hydrogen-bond donors (Lipinski definition) is 1. The van der Waals surface area contributed by atoms with Crippen molar-refractivity contribution in [1.82, 2.24) is 20.3 Å². The number of carbonyl (C=O) groups is 1. The normalized spacial score (nSPS) is 16.6. The van der Waals surface area contributed by atoms with Gasteiger partial charge in [-0.3, -0.25) is 9.78 Å². The van der Waals surface area contributed by atoms with Gasteiger partial charge in [0, 0.05) is 37.6 Å². The minimum Gasteiger partial charge on any atom is -0.494 e. The second kappa shape index (κ2) is 8.86. The zero-order valence-electron chi connectivity index (χ0n) is 16.5. The molecule has 2 aromatic heterocycles. The molecular weight excluding hydrogens is 366 g/mol. The molecule has 0 unspecified atom stereocenters. The Morgan fingerprint density at radius 2 is 2.10 bits per heavy atom. The van der Waals surface area contributed by atoms with Crippen molar-refractivity contribution < 1.29 is 9.53 Å². The maximum atomic E-state index is 12.8. The third-order valence-corrected chi connectivity index (χ3v) is 5.19. The van der Waals surface area contributed by atoms with Crippen LogP contribution in [-0.2, 0) is 11.3 Å². The highest BCUT2D eigenvalue weighted by molar-refractivity contribution is 5.80. The molecule has 7 heteroatoms. The molecule has 3 heterocycles. The highest BCUT2D eigenvalue weighted by Crippen LogP contribution is 2.25. The zero-order chi connectivity index (χ0) is 20.1. The third kappa shape index (κ3) is 4.45. The summed E-state index contributed by atoms with van der Waals surface area (Å²) in [7, 11) is 0. The highest BCUT2D eigenvalue weighted by Gasteiger charge is 2.26. The van der Waals surface area contributed by atoms with Gasteiger partial charge in [0.2, 0.25) is 5.91 Å². The van der Waals surface area contributed by atoms with Gasteiger partial charge in [0.15, 0.2) is 5.65 Å². The number of para-hydroxylation sites is 1. The predicted molar refractivity (Wildman–Crippen MR) is 112 cm³/mol. The van der Waals surface area contributed by atoms with Gasteiger partial charge in [-0.25, -0.2) is 9.97 Å². The summed E-state index contributed by atoms with van der Waals surface area (Å²) in [4.78, 5) is 28.0. The van der Waals surface area contributed by atoms with E-state index < -0.39 is 0 Å². The lowest BCUT2D eigenvalue weighted by Crippen LogP contribution is -2.43. The van der Waals surface area contributed by atoms with Crippen LogP contribution >= 0.6 is 0 Å². The van der Waals surface area contributed by atoms with Gasteiger partial charge >= 0.3 is 0 Å². The number of benzene rings is 1. The number of nitrogens with zero attached hydrogens (tertiary/aromatic N) is 4. The predicted octanol–water partition coefficient (Wildman–Crippen LogP) is 2.96. The fourth-order valence-corrected chi connectivity index (χ4v) is 3.72. The van der Waals surface area contributed by atoms with Crippen LogP contribution in [-0.4, -0.2) is 40.6 Å². The molecule has 0 saturated carbocycles. The van der Waals surface area contributed by atoms with E-state index >= 15 is 0 Å². The van der Waals surface area contributed by atoms with Gasteiger partial charge in [0.05, 0.1) is 24.4 Å². The Bertz CT molecular complexity index is 994. The van der Waals surface area contributed by atoms with E-state index in [1.165, 1.54) is 0 Å². The first-order chi connectivity index (χ1) is 14.2. The molecule has 1 aliphatic heterocycles. The van der Waals surface area contributed by atoms with E-state index in [0.29, 0.717) is 25.3 Å². The third-order valence-electron chi connectivity index (χ3n) is 5.19. The molecule has 150 valence electrons. The number of ether oxygens (including phenoxy) is 1. The number of rotatable bonds is 6. The van der Waals surface area contributed by atoms with E-state index in [0.717, 1.165) is 41.9 Å². The largest absolute Gasteiger partial charge is 0.494 e. The Balaban J connectivity index is 1.40. The molecule has 1 atom stereocenters. The molecule has 0 aliphatic carbocycles. The van der Waals surface area contributed by atoms with Crippen LogP contribution in [0, 0.1) is 5.92 Å². The SMILES string of the molecule is CCOc1ccccc1CNC(=O)[C@@H]1CCCN(c2cnc3nccnc3c2)C1. The lowest BCUT2D eigenvalue weighted by molar-refractivity contribution is -0.125. The number of carbonyl (C=O) groups excluding carboxylic acids is 1. The van der Waals surface area contributed by atoms with Crippen LogP contribution in [0.15, 0.2) is 48.9 Å². The van der Waals surface area contributed by atoms with E-state index in [9.17, 15) is 4.79 Å². The van der Waals surface area contributed by atoms with Crippen LogP contribution < -0.4 is 15.0 Å². The van der Waals surface area contributed by atoms with E-state index in [1.54, 1.807) is 12.4 Å². The molecule has 3 aromatic rings. The number of anilines is 1. The summed E-state index contributed by atoms with van der Waals surface area (Å²) in [5, 5.41) is 3.09. The summed E-state index contributed by atoms with van der Waals surface area (Å²) < 4.78 is 5.65. The van der Waals surface area contributed by atoms with Crippen LogP contribution in [0.25, 0.3) is 11.2 Å². The monoisotopic (exact) mass is 391 g/mol. The van der Waals surface area contributed by atoms with Crippen molar-refractivity contribution in [2.24, 2.45) is 5.92 Å². The average molecular weight is 391 g/mol. The fourth-order valence-electron chi connectivity index (χ4n) is 3.72. The lowest BCUT2D eigenvalue weighted by atomic mass is 9.96. The van der Waals surface area contributed by atoms with Crippen LogP contribution in [0.2, 0.25) is 0 Å². The topological polar surface area (TPSA) is 80.2 Å². The Labute approximate surface area is 170 Å². The Morgan fingerprint density at radius 3 is 3.00 bits per heavy atom. The van der Waals surface area contributed by atoms with E-state index in [1.807, 2.05) is 43.5 Å². The van der Waals surface area contributed by atoms with Gasteiger partial charge in [-0.05, 0) is 31.9 Å². The first-order valence-corrected chi connectivity index (χ1v) is 10.0. The maximum absolute atomic E-state index is 12.8. The molecule has 1 N–H and O–H groups in total. The summed E-state index contributed by atoms with van der Waals surface area (Å²) >= 11 is 0. The summed E-state index contributed by atoms with van der Waals surface area (Å²) in [6.45, 7) is 4.61. The molecule has 0 bridgehead atoms. The number of aromatic nitrogens is 3. The van der Waals surface area contributed by atoms with Crippen LogP contribution in [0.4, 0.5) is 5.69 Å². The van der Waals surface area contributed by atoms with E-state index in [2.05, 4.69) is 25.2 Å². The van der Waals surface area contributed by atoms with Gasteiger partial charge in [0.25, 0.3) is 0 Å². The lowest BCUT2D eigenvalue weighted by Gasteiger charge is -2.33. The Hall–Kier alpha value is -3.22. The summed E-state index contributed by atoms with van der Waals surface area (Å²) in [5.41, 5.74) is 3.38. The number of hydrogen-bond acceptors (Lipinski definition) is 6. The van der Waals surface area contributed by atoms with Gasteiger partial charge < -0.3 is 15.0 Å². The Morgan fingerprint density at radius 1 is 1.24 bits per heavy atom. The van der Waals surface area contributed by atoms with Crippen molar-refractivity contribution in [3.63, 3.8) is 0 Å². The van der Waals surface area contributed by atoms with Crippen LogP contribution in [0.1, 0.15) is 25.3 Å². The van der Waals surface area contributed by atoms with Crippen molar-refractivity contribution >= 4 is 22.8 Å². The van der Waals surface area contributed by atoms with Gasteiger partial charge in [-0.2, -0.15) is 0 Å². The minimum atomic E-state index is -0.0550. The van der Waals surface area contributed by atoms with Gasteiger partial charge in [-0.15, -0.1) is 0 Å². The first kappa shape index (κ1) is 19.1. The van der Waals surface area contributed by atoms with Crippen molar-refractivity contribution in [3.05, 3.63) is 54.5 Å². The molecule has 1 saturated heterocycles. The molecule has 1 fully saturated rings. The molecule has 0 radical (unpaired) electrons. The quantitative estimate of drug-likeness (QED) is 0.696. The first-order valence-electron chi connectivity index (χ1n) is 10.0. The van der Waals surface area contributed by atoms with Crippen molar-refractivity contribution in [1.29, 1.82) is 0 Å². The standard InChI is InChI=1S/C22H25N5O2/c1-2-29-20-8-4-3-6-16(20)13-26-22(28)17-7-5-11-27(15-17)18-12-19-21(25-14-18)24-10-9-23-19/h3-4,6,8-10,12,14,17H,2,5,7,11,13,15H2,1H3,(H,26,28)/t17-/m1/s1. The van der Waals surface area contributed by atoms with Gasteiger partial charge in [-0.1, -0.05) is 18.2 Å². The smallest absolute Gasteiger partial charge is 0.225 e. The molecule has 4 rings (SSSR count). The zero-order valence-corrected chi connectivity index (χ0v) is 16.5. The van der Waals surface area contributed by atoms with Crippen molar-refractivity contribution in [2.45, 2.75) is 26.3 Å². The number of nitrogens with one attached hydrogen (secondary N) is 1. The number of pyridine rings is 1. The molecule has 1 aliphatic rings. The summed E-state index contributed by atoms with van der Waals surface area (Å²) in [5.74, 6) is 0.846.